The summed E-state index contributed by atoms with van der Waals surface area (Å²) in [6.45, 7) is 3.85. The Hall–Kier alpha value is -2.64. The van der Waals surface area contributed by atoms with Crippen LogP contribution in [0.2, 0.25) is 0 Å². The van der Waals surface area contributed by atoms with E-state index in [0.29, 0.717) is 11.6 Å². The third kappa shape index (κ3) is 4.04. The van der Waals surface area contributed by atoms with Gasteiger partial charge in [0.05, 0.1) is 12.0 Å². The van der Waals surface area contributed by atoms with Crippen molar-refractivity contribution in [2.75, 3.05) is 7.11 Å². The quantitative estimate of drug-likeness (QED) is 0.708. The molecule has 0 saturated heterocycles. The van der Waals surface area contributed by atoms with Crippen molar-refractivity contribution in [2.24, 2.45) is 7.05 Å². The van der Waals surface area contributed by atoms with Crippen LogP contribution in [0.4, 0.5) is 0 Å². The maximum atomic E-state index is 13.1. The zero-order chi connectivity index (χ0) is 19.6. The minimum atomic E-state index is -3.75. The fourth-order valence-corrected chi connectivity index (χ4v) is 4.12. The molecule has 1 aromatic heterocycles. The Labute approximate surface area is 159 Å². The first-order valence-corrected chi connectivity index (χ1v) is 10.0. The average Bonchev–Trinajstić information content (AvgIpc) is 3.07. The third-order valence-electron chi connectivity index (χ3n) is 4.61. The van der Waals surface area contributed by atoms with Gasteiger partial charge in [0.15, 0.2) is 0 Å². The minimum absolute atomic E-state index is 0.229. The van der Waals surface area contributed by atoms with Crippen molar-refractivity contribution < 1.29 is 13.2 Å². The van der Waals surface area contributed by atoms with Crippen LogP contribution in [0.25, 0.3) is 0 Å². The summed E-state index contributed by atoms with van der Waals surface area (Å²) in [7, 11) is -0.343. The standard InChI is InChI=1S/C20H23N3O3S/c1-14-8-9-18(12-15(14)2)27(24,25)22-19(20-21-10-11-23(20)3)16-6-5-7-17(13-16)26-4/h5-13,19,22H,1-4H3/t19-/m0/s1. The second kappa shape index (κ2) is 7.54. The highest BCUT2D eigenvalue weighted by atomic mass is 32.2. The van der Waals surface area contributed by atoms with Gasteiger partial charge in [-0.1, -0.05) is 18.2 Å². The number of benzene rings is 2. The summed E-state index contributed by atoms with van der Waals surface area (Å²) in [6, 6.07) is 11.8. The predicted molar refractivity (Wildman–Crippen MR) is 104 cm³/mol. The van der Waals surface area contributed by atoms with Gasteiger partial charge in [0.25, 0.3) is 0 Å². The molecule has 27 heavy (non-hydrogen) atoms. The van der Waals surface area contributed by atoms with Crippen LogP contribution in [0.5, 0.6) is 5.75 Å². The molecule has 1 atom stereocenters. The van der Waals surface area contributed by atoms with E-state index in [1.54, 1.807) is 36.2 Å². The number of nitrogens with zero attached hydrogens (tertiary/aromatic N) is 2. The normalized spacial score (nSPS) is 12.7. The van der Waals surface area contributed by atoms with E-state index >= 15 is 0 Å². The molecule has 1 N–H and O–H groups in total. The lowest BCUT2D eigenvalue weighted by Crippen LogP contribution is -2.31. The number of ether oxygens (including phenoxy) is 1. The van der Waals surface area contributed by atoms with Crippen LogP contribution in [-0.2, 0) is 17.1 Å². The lowest BCUT2D eigenvalue weighted by atomic mass is 10.1. The molecule has 0 aliphatic rings. The summed E-state index contributed by atoms with van der Waals surface area (Å²) < 4.78 is 36.0. The summed E-state index contributed by atoms with van der Waals surface area (Å²) in [5.74, 6) is 1.24. The van der Waals surface area contributed by atoms with E-state index < -0.39 is 16.1 Å². The largest absolute Gasteiger partial charge is 0.497 e. The van der Waals surface area contributed by atoms with Crippen molar-refractivity contribution in [1.82, 2.24) is 14.3 Å². The summed E-state index contributed by atoms with van der Waals surface area (Å²) in [6.07, 6.45) is 3.43. The third-order valence-corrected chi connectivity index (χ3v) is 6.03. The van der Waals surface area contributed by atoms with Gasteiger partial charge in [0, 0.05) is 19.4 Å². The zero-order valence-electron chi connectivity index (χ0n) is 15.8. The Bertz CT molecular complexity index is 1060. The van der Waals surface area contributed by atoms with Crippen LogP contribution < -0.4 is 9.46 Å². The van der Waals surface area contributed by atoms with Gasteiger partial charge in [-0.05, 0) is 54.8 Å². The van der Waals surface area contributed by atoms with E-state index in [-0.39, 0.29) is 4.90 Å². The van der Waals surface area contributed by atoms with Gasteiger partial charge < -0.3 is 9.30 Å². The molecule has 0 radical (unpaired) electrons. The zero-order valence-corrected chi connectivity index (χ0v) is 16.6. The van der Waals surface area contributed by atoms with E-state index in [0.717, 1.165) is 16.7 Å². The van der Waals surface area contributed by atoms with Crippen molar-refractivity contribution in [3.05, 3.63) is 77.4 Å². The Morgan fingerprint density at radius 1 is 1.11 bits per heavy atom. The molecule has 0 aliphatic carbocycles. The highest BCUT2D eigenvalue weighted by molar-refractivity contribution is 7.89. The molecule has 0 unspecified atom stereocenters. The van der Waals surface area contributed by atoms with Crippen LogP contribution in [0, 0.1) is 13.8 Å². The van der Waals surface area contributed by atoms with Crippen LogP contribution in [0.3, 0.4) is 0 Å². The summed E-state index contributed by atoms with van der Waals surface area (Å²) in [4.78, 5) is 4.58. The molecule has 0 bridgehead atoms. The fraction of sp³-hybridized carbons (Fsp3) is 0.250. The number of rotatable bonds is 6. The number of imidazole rings is 1. The highest BCUT2D eigenvalue weighted by Gasteiger charge is 2.26. The monoisotopic (exact) mass is 385 g/mol. The van der Waals surface area contributed by atoms with Gasteiger partial charge in [0.1, 0.15) is 17.6 Å². The van der Waals surface area contributed by atoms with Crippen LogP contribution in [-0.4, -0.2) is 25.1 Å². The Balaban J connectivity index is 2.05. The summed E-state index contributed by atoms with van der Waals surface area (Å²) >= 11 is 0. The molecular formula is C20H23N3O3S. The van der Waals surface area contributed by atoms with Gasteiger partial charge in [-0.2, -0.15) is 4.72 Å². The molecule has 142 valence electrons. The van der Waals surface area contributed by atoms with Gasteiger partial charge in [0.2, 0.25) is 10.0 Å². The molecule has 7 heteroatoms. The van der Waals surface area contributed by atoms with E-state index in [1.165, 1.54) is 0 Å². The second-order valence-electron chi connectivity index (χ2n) is 6.47. The van der Waals surface area contributed by atoms with Gasteiger partial charge in [-0.25, -0.2) is 13.4 Å². The average molecular weight is 385 g/mol. The maximum absolute atomic E-state index is 13.1. The first-order chi connectivity index (χ1) is 12.8. The van der Waals surface area contributed by atoms with Gasteiger partial charge in [-0.3, -0.25) is 0 Å². The SMILES string of the molecule is COc1cccc([C@H](NS(=O)(=O)c2ccc(C)c(C)c2)c2nccn2C)c1. The van der Waals surface area contributed by atoms with E-state index in [2.05, 4.69) is 9.71 Å². The second-order valence-corrected chi connectivity index (χ2v) is 8.19. The lowest BCUT2D eigenvalue weighted by Gasteiger charge is -2.20. The van der Waals surface area contributed by atoms with Crippen molar-refractivity contribution in [1.29, 1.82) is 0 Å². The molecule has 2 aromatic carbocycles. The van der Waals surface area contributed by atoms with Crippen LogP contribution in [0.15, 0.2) is 59.8 Å². The topological polar surface area (TPSA) is 73.2 Å². The van der Waals surface area contributed by atoms with Crippen molar-refractivity contribution in [3.8, 4) is 5.75 Å². The molecule has 0 amide bonds. The van der Waals surface area contributed by atoms with Crippen molar-refractivity contribution >= 4 is 10.0 Å². The Morgan fingerprint density at radius 2 is 1.89 bits per heavy atom. The Morgan fingerprint density at radius 3 is 2.52 bits per heavy atom. The number of aryl methyl sites for hydroxylation is 3. The maximum Gasteiger partial charge on any atom is 0.241 e. The molecule has 3 rings (SSSR count). The molecule has 6 nitrogen and oxygen atoms in total. The van der Waals surface area contributed by atoms with Crippen LogP contribution in [0.1, 0.15) is 28.6 Å². The molecule has 1 heterocycles. The number of hydrogen-bond acceptors (Lipinski definition) is 4. The van der Waals surface area contributed by atoms with E-state index in [1.807, 2.05) is 51.2 Å². The molecule has 0 spiro atoms. The van der Waals surface area contributed by atoms with Crippen LogP contribution >= 0.6 is 0 Å². The molecule has 3 aromatic rings. The molecule has 0 aliphatic heterocycles. The molecular weight excluding hydrogens is 362 g/mol. The molecule has 0 fully saturated rings. The summed E-state index contributed by atoms with van der Waals surface area (Å²) in [5, 5.41) is 0. The smallest absolute Gasteiger partial charge is 0.241 e. The van der Waals surface area contributed by atoms with Crippen molar-refractivity contribution in [3.63, 3.8) is 0 Å². The number of nitrogens with one attached hydrogen (secondary N) is 1. The Kier molecular flexibility index (Phi) is 5.34. The number of methoxy groups -OCH3 is 1. The van der Waals surface area contributed by atoms with Gasteiger partial charge in [-0.15, -0.1) is 0 Å². The number of aromatic nitrogens is 2. The number of hydrogen-bond donors (Lipinski definition) is 1. The first kappa shape index (κ1) is 19.1. The van der Waals surface area contributed by atoms with Gasteiger partial charge >= 0.3 is 0 Å². The number of sulfonamides is 1. The minimum Gasteiger partial charge on any atom is -0.497 e. The lowest BCUT2D eigenvalue weighted by molar-refractivity contribution is 0.413. The van der Waals surface area contributed by atoms with E-state index in [4.69, 9.17) is 4.74 Å². The predicted octanol–water partition coefficient (Wildman–Crippen LogP) is 3.11. The fourth-order valence-electron chi connectivity index (χ4n) is 2.85. The molecule has 0 saturated carbocycles. The summed E-state index contributed by atoms with van der Waals surface area (Å²) in [5.41, 5.74) is 2.71. The highest BCUT2D eigenvalue weighted by Crippen LogP contribution is 2.26. The van der Waals surface area contributed by atoms with E-state index in [9.17, 15) is 8.42 Å². The first-order valence-electron chi connectivity index (χ1n) is 8.52. The van der Waals surface area contributed by atoms with Crippen molar-refractivity contribution in [2.45, 2.75) is 24.8 Å².